The molecule has 0 aliphatic heterocycles. The van der Waals surface area contributed by atoms with Crippen molar-refractivity contribution in [2.75, 3.05) is 20.6 Å². The summed E-state index contributed by atoms with van der Waals surface area (Å²) < 4.78 is 0. The predicted octanol–water partition coefficient (Wildman–Crippen LogP) is 0.319. The second-order valence-corrected chi connectivity index (χ2v) is 3.17. The van der Waals surface area contributed by atoms with Crippen LogP contribution in [0.4, 0.5) is 0 Å². The van der Waals surface area contributed by atoms with Crippen LogP contribution in [0.1, 0.15) is 12.8 Å². The lowest BCUT2D eigenvalue weighted by Crippen LogP contribution is -2.27. The van der Waals surface area contributed by atoms with Crippen molar-refractivity contribution in [3.63, 3.8) is 0 Å². The molecule has 0 aromatic rings. The summed E-state index contributed by atoms with van der Waals surface area (Å²) in [6.07, 6.45) is 2.39. The third-order valence-corrected chi connectivity index (χ3v) is 1.72. The van der Waals surface area contributed by atoms with Crippen molar-refractivity contribution in [1.29, 1.82) is 0 Å². The third kappa shape index (κ3) is 2.33. The Labute approximate surface area is 56.5 Å². The van der Waals surface area contributed by atoms with Gasteiger partial charge in [-0.3, -0.25) is 0 Å². The Balaban J connectivity index is 2.10. The van der Waals surface area contributed by atoms with Crippen LogP contribution >= 0.6 is 0 Å². The monoisotopic (exact) mass is 129 g/mol. The first-order chi connectivity index (χ1) is 4.20. The summed E-state index contributed by atoms with van der Waals surface area (Å²) in [7, 11) is 3.98. The molecule has 1 aliphatic carbocycles. The van der Waals surface area contributed by atoms with E-state index in [9.17, 15) is 5.11 Å². The van der Waals surface area contributed by atoms with E-state index in [0.29, 0.717) is 5.92 Å². The van der Waals surface area contributed by atoms with Gasteiger partial charge in [-0.1, -0.05) is 0 Å². The largest absolute Gasteiger partial charge is 0.392 e. The summed E-state index contributed by atoms with van der Waals surface area (Å²) >= 11 is 0. The van der Waals surface area contributed by atoms with Gasteiger partial charge in [0.2, 0.25) is 0 Å². The fourth-order valence-corrected chi connectivity index (χ4v) is 1.00. The maximum atomic E-state index is 9.32. The van der Waals surface area contributed by atoms with Crippen molar-refractivity contribution in [3.8, 4) is 0 Å². The van der Waals surface area contributed by atoms with Crippen molar-refractivity contribution < 1.29 is 5.11 Å². The lowest BCUT2D eigenvalue weighted by molar-refractivity contribution is 0.116. The zero-order valence-corrected chi connectivity index (χ0v) is 6.17. The summed E-state index contributed by atoms with van der Waals surface area (Å²) in [5, 5.41) is 9.32. The van der Waals surface area contributed by atoms with E-state index < -0.39 is 0 Å². The lowest BCUT2D eigenvalue weighted by atomic mass is 10.2. The molecule has 0 aromatic heterocycles. The summed E-state index contributed by atoms with van der Waals surface area (Å²) in [5.41, 5.74) is 0. The molecule has 1 fully saturated rings. The van der Waals surface area contributed by atoms with Gasteiger partial charge in [-0.05, 0) is 32.9 Å². The highest BCUT2D eigenvalue weighted by molar-refractivity contribution is 4.81. The summed E-state index contributed by atoms with van der Waals surface area (Å²) in [5.74, 6) is 0.618. The molecule has 1 unspecified atom stereocenters. The molecule has 1 atom stereocenters. The summed E-state index contributed by atoms with van der Waals surface area (Å²) in [6.45, 7) is 0.824. The van der Waals surface area contributed by atoms with E-state index in [2.05, 4.69) is 0 Å². The summed E-state index contributed by atoms with van der Waals surface area (Å²) in [4.78, 5) is 2.03. The number of hydrogen-bond donors (Lipinski definition) is 1. The zero-order chi connectivity index (χ0) is 6.85. The summed E-state index contributed by atoms with van der Waals surface area (Å²) in [6, 6.07) is 0. The molecule has 54 valence electrons. The van der Waals surface area contributed by atoms with Crippen LogP contribution in [-0.4, -0.2) is 36.8 Å². The van der Waals surface area contributed by atoms with Gasteiger partial charge in [0.05, 0.1) is 6.10 Å². The molecule has 2 nitrogen and oxygen atoms in total. The average molecular weight is 129 g/mol. The maximum absolute atomic E-state index is 9.32. The highest BCUT2D eigenvalue weighted by Gasteiger charge is 2.29. The van der Waals surface area contributed by atoms with E-state index in [0.717, 1.165) is 6.54 Å². The van der Waals surface area contributed by atoms with Crippen LogP contribution in [0.15, 0.2) is 0 Å². The van der Waals surface area contributed by atoms with Crippen LogP contribution < -0.4 is 0 Å². The SMILES string of the molecule is CN(C)CC(O)C1CC1. The standard InChI is InChI=1S/C7H15NO/c1-8(2)5-7(9)6-3-4-6/h6-7,9H,3-5H2,1-2H3. The van der Waals surface area contributed by atoms with Crippen LogP contribution in [-0.2, 0) is 0 Å². The highest BCUT2D eigenvalue weighted by Crippen LogP contribution is 2.32. The minimum Gasteiger partial charge on any atom is -0.392 e. The zero-order valence-electron chi connectivity index (χ0n) is 6.17. The molecule has 1 N–H and O–H groups in total. The topological polar surface area (TPSA) is 23.5 Å². The first kappa shape index (κ1) is 7.03. The van der Waals surface area contributed by atoms with Gasteiger partial charge >= 0.3 is 0 Å². The van der Waals surface area contributed by atoms with Crippen LogP contribution in [0, 0.1) is 5.92 Å². The fraction of sp³-hybridized carbons (Fsp3) is 1.00. The minimum atomic E-state index is -0.0694. The molecular weight excluding hydrogens is 114 g/mol. The van der Waals surface area contributed by atoms with Gasteiger partial charge in [-0.25, -0.2) is 0 Å². The van der Waals surface area contributed by atoms with Crippen molar-refractivity contribution >= 4 is 0 Å². The molecule has 0 saturated heterocycles. The molecule has 1 rings (SSSR count). The van der Waals surface area contributed by atoms with E-state index in [1.165, 1.54) is 12.8 Å². The van der Waals surface area contributed by atoms with E-state index in [-0.39, 0.29) is 6.10 Å². The minimum absolute atomic E-state index is 0.0694. The number of aliphatic hydroxyl groups excluding tert-OH is 1. The number of aliphatic hydroxyl groups is 1. The maximum Gasteiger partial charge on any atom is 0.0695 e. The Hall–Kier alpha value is -0.0800. The van der Waals surface area contributed by atoms with Crippen molar-refractivity contribution in [1.82, 2.24) is 4.90 Å². The first-order valence-corrected chi connectivity index (χ1v) is 3.53. The van der Waals surface area contributed by atoms with Gasteiger partial charge in [-0.15, -0.1) is 0 Å². The van der Waals surface area contributed by atoms with Gasteiger partial charge in [-0.2, -0.15) is 0 Å². The highest BCUT2D eigenvalue weighted by atomic mass is 16.3. The van der Waals surface area contributed by atoms with Crippen LogP contribution in [0.3, 0.4) is 0 Å². The Bertz CT molecular complexity index is 88.9. The van der Waals surface area contributed by atoms with Gasteiger partial charge in [0.1, 0.15) is 0 Å². The smallest absolute Gasteiger partial charge is 0.0695 e. The first-order valence-electron chi connectivity index (χ1n) is 3.53. The van der Waals surface area contributed by atoms with Gasteiger partial charge in [0.25, 0.3) is 0 Å². The molecular formula is C7H15NO. The molecule has 2 heteroatoms. The van der Waals surface area contributed by atoms with Crippen molar-refractivity contribution in [3.05, 3.63) is 0 Å². The quantitative estimate of drug-likeness (QED) is 0.593. The molecule has 0 heterocycles. The number of likely N-dealkylation sites (N-methyl/N-ethyl adjacent to an activating group) is 1. The predicted molar refractivity (Wildman–Crippen MR) is 37.3 cm³/mol. The van der Waals surface area contributed by atoms with Gasteiger partial charge in [0.15, 0.2) is 0 Å². The Morgan fingerprint density at radius 1 is 1.56 bits per heavy atom. The molecule has 0 aromatic carbocycles. The lowest BCUT2D eigenvalue weighted by Gasteiger charge is -2.14. The van der Waals surface area contributed by atoms with Crippen molar-refractivity contribution in [2.24, 2.45) is 5.92 Å². The fourth-order valence-electron chi connectivity index (χ4n) is 1.00. The second-order valence-electron chi connectivity index (χ2n) is 3.17. The normalized spacial score (nSPS) is 22.7. The molecule has 0 bridgehead atoms. The van der Waals surface area contributed by atoms with E-state index in [4.69, 9.17) is 0 Å². The Morgan fingerprint density at radius 2 is 2.11 bits per heavy atom. The van der Waals surface area contributed by atoms with E-state index >= 15 is 0 Å². The number of nitrogens with zero attached hydrogens (tertiary/aromatic N) is 1. The molecule has 1 aliphatic rings. The number of hydrogen-bond acceptors (Lipinski definition) is 2. The molecule has 0 spiro atoms. The van der Waals surface area contributed by atoms with Crippen molar-refractivity contribution in [2.45, 2.75) is 18.9 Å². The van der Waals surface area contributed by atoms with Gasteiger partial charge < -0.3 is 10.0 Å². The molecule has 0 radical (unpaired) electrons. The Kier molecular flexibility index (Phi) is 2.09. The van der Waals surface area contributed by atoms with E-state index in [1.54, 1.807) is 0 Å². The molecule has 1 saturated carbocycles. The second kappa shape index (κ2) is 2.67. The third-order valence-electron chi connectivity index (χ3n) is 1.72. The van der Waals surface area contributed by atoms with Crippen LogP contribution in [0.5, 0.6) is 0 Å². The number of rotatable bonds is 3. The van der Waals surface area contributed by atoms with Gasteiger partial charge in [0, 0.05) is 6.54 Å². The van der Waals surface area contributed by atoms with Crippen LogP contribution in [0.25, 0.3) is 0 Å². The Morgan fingerprint density at radius 3 is 2.44 bits per heavy atom. The van der Waals surface area contributed by atoms with Crippen LogP contribution in [0.2, 0.25) is 0 Å². The molecule has 0 amide bonds. The van der Waals surface area contributed by atoms with E-state index in [1.807, 2.05) is 19.0 Å². The molecule has 9 heavy (non-hydrogen) atoms. The average Bonchev–Trinajstić information content (AvgIpc) is 2.40.